The summed E-state index contributed by atoms with van der Waals surface area (Å²) in [6, 6.07) is 0. The summed E-state index contributed by atoms with van der Waals surface area (Å²) < 4.78 is 201. The van der Waals surface area contributed by atoms with Crippen LogP contribution in [0.1, 0.15) is 32.6 Å². The topological polar surface area (TPSA) is 66.4 Å². The third-order valence-electron chi connectivity index (χ3n) is 4.32. The first kappa shape index (κ1) is 36.6. The minimum atomic E-state index is -8.20. The lowest BCUT2D eigenvalue weighted by molar-refractivity contribution is -0.421. The molecule has 36 heavy (non-hydrogen) atoms. The predicted octanol–water partition coefficient (Wildman–Crippen LogP) is 6.51. The van der Waals surface area contributed by atoms with Gasteiger partial charge in [-0.25, -0.2) is 4.39 Å². The summed E-state index contributed by atoms with van der Waals surface area (Å²) >= 11 is 0. The zero-order valence-electron chi connectivity index (χ0n) is 18.5. The monoisotopic (exact) mass is 581 g/mol. The van der Waals surface area contributed by atoms with Crippen molar-refractivity contribution in [3.05, 3.63) is 25.3 Å². The van der Waals surface area contributed by atoms with E-state index < -0.39 is 64.0 Å². The number of unbranched alkanes of at least 4 members (excludes halogenated alkanes) is 2. The highest BCUT2D eigenvalue weighted by Gasteiger charge is 2.92. The van der Waals surface area contributed by atoms with Crippen molar-refractivity contribution in [3.63, 3.8) is 0 Å². The number of rotatable bonds is 15. The average molecular weight is 581 g/mol. The van der Waals surface area contributed by atoms with Gasteiger partial charge in [-0.15, -0.1) is 13.2 Å². The van der Waals surface area contributed by atoms with E-state index in [2.05, 4.69) is 18.5 Å². The summed E-state index contributed by atoms with van der Waals surface area (Å²) in [5.74, 6) is -38.8. The molecule has 216 valence electrons. The Morgan fingerprint density at radius 1 is 0.778 bits per heavy atom. The molecule has 0 amide bonds. The van der Waals surface area contributed by atoms with Crippen molar-refractivity contribution in [2.75, 3.05) is 13.1 Å². The van der Waals surface area contributed by atoms with E-state index in [-0.39, 0.29) is 12.8 Å². The zero-order chi connectivity index (χ0) is 29.4. The maximum atomic E-state index is 13.4. The Morgan fingerprint density at radius 2 is 1.17 bits per heavy atom. The van der Waals surface area contributed by atoms with Gasteiger partial charge in [0.1, 0.15) is 0 Å². The van der Waals surface area contributed by atoms with Crippen LogP contribution >= 0.6 is 0 Å². The summed E-state index contributed by atoms with van der Waals surface area (Å²) in [6.45, 7) is 10.2. The van der Waals surface area contributed by atoms with E-state index in [4.69, 9.17) is 4.55 Å². The molecule has 0 heterocycles. The molecule has 0 aliphatic rings. The molecular weight excluding hydrogens is 557 g/mol. The van der Waals surface area contributed by atoms with Crippen LogP contribution in [-0.4, -0.2) is 67.1 Å². The van der Waals surface area contributed by atoms with E-state index >= 15 is 0 Å². The molecule has 1 atom stereocenters. The van der Waals surface area contributed by atoms with E-state index in [9.17, 15) is 65.5 Å². The van der Waals surface area contributed by atoms with Gasteiger partial charge in [0.05, 0.1) is 0 Å². The molecule has 0 aromatic rings. The lowest BCUT2D eigenvalue weighted by Gasteiger charge is -2.41. The molecule has 1 unspecified atom stereocenters. The maximum Gasteiger partial charge on any atom is 0.438 e. The average Bonchev–Trinajstić information content (AvgIpc) is 2.73. The normalized spacial score (nSPS) is 15.1. The third kappa shape index (κ3) is 7.05. The van der Waals surface area contributed by atoms with E-state index in [1.165, 1.54) is 6.92 Å². The zero-order valence-corrected chi connectivity index (χ0v) is 19.3. The Kier molecular flexibility index (Phi) is 13.0. The Morgan fingerprint density at radius 3 is 1.50 bits per heavy atom. The fourth-order valence-electron chi connectivity index (χ4n) is 2.19. The number of hydrogen-bond acceptors (Lipinski definition) is 3. The largest absolute Gasteiger partial charge is 0.438 e. The van der Waals surface area contributed by atoms with Crippen LogP contribution < -0.4 is 5.32 Å². The predicted molar refractivity (Wildman–Crippen MR) is 104 cm³/mol. The second kappa shape index (κ2) is 12.8. The van der Waals surface area contributed by atoms with E-state index in [1.54, 1.807) is 0 Å². The lowest BCUT2D eigenvalue weighted by Crippen LogP contribution is -2.72. The Bertz CT molecular complexity index is 809. The summed E-state index contributed by atoms with van der Waals surface area (Å²) in [5, 5.41) is -4.46. The summed E-state index contributed by atoms with van der Waals surface area (Å²) in [6.07, 6.45) is -2.79. The molecule has 0 bridgehead atoms. The highest BCUT2D eigenvalue weighted by atomic mass is 32.2. The van der Waals surface area contributed by atoms with Gasteiger partial charge >= 0.3 is 45.0 Å². The fraction of sp³-hybridized carbons (Fsp3) is 0.778. The van der Waals surface area contributed by atoms with Gasteiger partial charge in [0.2, 0.25) is 0 Å². The van der Waals surface area contributed by atoms with Crippen LogP contribution in [0.15, 0.2) is 25.3 Å². The number of halogens is 13. The molecule has 0 spiro atoms. The van der Waals surface area contributed by atoms with Gasteiger partial charge in [0.25, 0.3) is 0 Å². The van der Waals surface area contributed by atoms with E-state index in [0.29, 0.717) is 0 Å². The van der Waals surface area contributed by atoms with Crippen LogP contribution in [0.5, 0.6) is 0 Å². The Labute approximate surface area is 198 Å². The second-order valence-corrected chi connectivity index (χ2v) is 8.57. The van der Waals surface area contributed by atoms with Crippen molar-refractivity contribution in [1.82, 2.24) is 5.32 Å². The van der Waals surface area contributed by atoms with Crippen molar-refractivity contribution >= 4 is 10.1 Å². The molecule has 0 aliphatic carbocycles. The molecule has 4 nitrogen and oxygen atoms in total. The van der Waals surface area contributed by atoms with Gasteiger partial charge in [-0.2, -0.15) is 61.1 Å². The second-order valence-electron chi connectivity index (χ2n) is 7.11. The smallest absolute Gasteiger partial charge is 0.310 e. The fourth-order valence-corrected chi connectivity index (χ4v) is 2.64. The van der Waals surface area contributed by atoms with Crippen LogP contribution in [0.3, 0.4) is 0 Å². The van der Waals surface area contributed by atoms with Crippen LogP contribution in [0, 0.1) is 0 Å². The van der Waals surface area contributed by atoms with Crippen molar-refractivity contribution in [2.24, 2.45) is 0 Å². The van der Waals surface area contributed by atoms with Crippen molar-refractivity contribution < 1.29 is 70.0 Å². The number of alkyl halides is 13. The molecule has 0 aromatic heterocycles. The molecule has 0 fully saturated rings. The number of nitrogens with one attached hydrogen (secondary N) is 1. The van der Waals surface area contributed by atoms with Crippen LogP contribution in [0.25, 0.3) is 0 Å². The van der Waals surface area contributed by atoms with Gasteiger partial charge < -0.3 is 5.32 Å². The van der Waals surface area contributed by atoms with E-state index in [0.717, 1.165) is 13.1 Å². The minimum absolute atomic E-state index is 0.104. The van der Waals surface area contributed by atoms with Gasteiger partial charge in [0, 0.05) is 13.1 Å². The molecule has 18 heteroatoms. The number of hydrogen-bond donors (Lipinski definition) is 2. The van der Waals surface area contributed by atoms with Gasteiger partial charge in [-0.1, -0.05) is 38.3 Å². The van der Waals surface area contributed by atoms with Crippen molar-refractivity contribution in [2.45, 2.75) is 73.6 Å². The third-order valence-corrected chi connectivity index (χ3v) is 5.23. The molecule has 0 aromatic carbocycles. The molecule has 0 radical (unpaired) electrons. The first-order valence-electron chi connectivity index (χ1n) is 9.70. The van der Waals surface area contributed by atoms with Crippen molar-refractivity contribution in [3.8, 4) is 0 Å². The van der Waals surface area contributed by atoms with Gasteiger partial charge in [0.15, 0.2) is 6.17 Å². The molecule has 0 saturated heterocycles. The van der Waals surface area contributed by atoms with Crippen molar-refractivity contribution in [1.29, 1.82) is 0 Å². The van der Waals surface area contributed by atoms with Crippen LogP contribution in [0.2, 0.25) is 0 Å². The molecule has 2 N–H and O–H groups in total. The van der Waals surface area contributed by atoms with E-state index in [1.807, 2.05) is 12.2 Å². The SMILES string of the molecule is C=CCNCC=C.CCCCCC(F)C(F)(F)C(F)(F)C(F)(F)C(F)(F)C(F)(F)C(F)(F)S(=O)(=O)O. The Hall–Kier alpha value is -1.56. The lowest BCUT2D eigenvalue weighted by atomic mass is 9.91. The van der Waals surface area contributed by atoms with Crippen LogP contribution in [-0.2, 0) is 10.1 Å². The highest BCUT2D eigenvalue weighted by Crippen LogP contribution is 2.61. The van der Waals surface area contributed by atoms with Crippen LogP contribution in [0.4, 0.5) is 57.1 Å². The molecule has 0 saturated carbocycles. The molecule has 0 rings (SSSR count). The Balaban J connectivity index is 0. The minimum Gasteiger partial charge on any atom is -0.310 e. The first-order chi connectivity index (χ1) is 15.9. The standard InChI is InChI=1S/C12H13F13O3S.C6H11N/c1-2-3-4-5-6(13)7(14,15)8(16,17)9(18,19)10(20,21)11(22,23)12(24,25)29(26,27)28;1-3-5-7-6-4-2/h6H,2-5H2,1H3,(H,26,27,28);3-4,7H,1-2,5-6H2. The molecule has 0 aliphatic heterocycles. The molecular formula is C18H24F13NO3S. The first-order valence-corrected chi connectivity index (χ1v) is 11.1. The highest BCUT2D eigenvalue weighted by molar-refractivity contribution is 7.87. The maximum absolute atomic E-state index is 13.4. The summed E-state index contributed by atoms with van der Waals surface area (Å²) in [7, 11) is -7.62. The summed E-state index contributed by atoms with van der Waals surface area (Å²) in [5.41, 5.74) is 0. The summed E-state index contributed by atoms with van der Waals surface area (Å²) in [4.78, 5) is 0. The quantitative estimate of drug-likeness (QED) is 0.100. The van der Waals surface area contributed by atoms with Gasteiger partial charge in [-0.05, 0) is 6.42 Å². The van der Waals surface area contributed by atoms with Gasteiger partial charge in [-0.3, -0.25) is 4.55 Å².